The van der Waals surface area contributed by atoms with E-state index in [1.165, 1.54) is 24.3 Å². The van der Waals surface area contributed by atoms with E-state index in [1.54, 1.807) is 24.3 Å². The van der Waals surface area contributed by atoms with Gasteiger partial charge in [-0.25, -0.2) is 8.78 Å². The lowest BCUT2D eigenvalue weighted by atomic mass is 9.89. The third kappa shape index (κ3) is 3.64. The molecule has 0 N–H and O–H groups in total. The minimum absolute atomic E-state index is 0.181. The molecule has 0 atom stereocenters. The maximum absolute atomic E-state index is 12.9. The van der Waals surface area contributed by atoms with Gasteiger partial charge in [-0.05, 0) is 35.4 Å². The van der Waals surface area contributed by atoms with Gasteiger partial charge in [0.05, 0.1) is 0 Å². The monoisotopic (exact) mass is 278 g/mol. The van der Waals surface area contributed by atoms with Crippen molar-refractivity contribution in [2.24, 2.45) is 0 Å². The zero-order valence-corrected chi connectivity index (χ0v) is 10.9. The number of thiol groups is 1. The standard InChI is InChI=1S/C15H12F2OS/c16-12-5-1-10(2-6-12)14(9-15(18)19)11-3-7-13(17)8-4-11/h1-8,14H,9H2,(H,18,19). The molecule has 2 rings (SSSR count). The Hall–Kier alpha value is -1.68. The van der Waals surface area contributed by atoms with Crippen LogP contribution in [0.1, 0.15) is 23.5 Å². The molecule has 0 aromatic heterocycles. The minimum atomic E-state index is -0.334. The van der Waals surface area contributed by atoms with Crippen molar-refractivity contribution < 1.29 is 13.6 Å². The van der Waals surface area contributed by atoms with Gasteiger partial charge in [0.15, 0.2) is 5.12 Å². The van der Waals surface area contributed by atoms with Crippen LogP contribution in [0.5, 0.6) is 0 Å². The van der Waals surface area contributed by atoms with Gasteiger partial charge < -0.3 is 0 Å². The lowest BCUT2D eigenvalue weighted by Crippen LogP contribution is -2.05. The smallest absolute Gasteiger partial charge is 0.186 e. The van der Waals surface area contributed by atoms with Gasteiger partial charge >= 0.3 is 0 Å². The maximum atomic E-state index is 12.9. The van der Waals surface area contributed by atoms with Crippen molar-refractivity contribution in [3.05, 3.63) is 71.3 Å². The van der Waals surface area contributed by atoms with E-state index in [2.05, 4.69) is 12.6 Å². The van der Waals surface area contributed by atoms with Crippen LogP contribution in [0.15, 0.2) is 48.5 Å². The van der Waals surface area contributed by atoms with Crippen LogP contribution < -0.4 is 0 Å². The summed E-state index contributed by atoms with van der Waals surface area (Å²) in [7, 11) is 0. The van der Waals surface area contributed by atoms with Crippen LogP contribution in [0.2, 0.25) is 0 Å². The Morgan fingerprint density at radius 2 is 1.26 bits per heavy atom. The molecule has 98 valence electrons. The number of carbonyl (C=O) groups excluding carboxylic acids is 1. The summed E-state index contributed by atoms with van der Waals surface area (Å²) in [6.45, 7) is 0. The number of halogens is 2. The van der Waals surface area contributed by atoms with Crippen LogP contribution in [0.25, 0.3) is 0 Å². The van der Waals surface area contributed by atoms with E-state index in [-0.39, 0.29) is 29.1 Å². The van der Waals surface area contributed by atoms with Crippen LogP contribution in [0.4, 0.5) is 8.78 Å². The normalized spacial score (nSPS) is 10.7. The third-order valence-electron chi connectivity index (χ3n) is 2.92. The highest BCUT2D eigenvalue weighted by molar-refractivity contribution is 7.96. The summed E-state index contributed by atoms with van der Waals surface area (Å²) in [6, 6.07) is 11.9. The van der Waals surface area contributed by atoms with Crippen LogP contribution in [-0.2, 0) is 4.79 Å². The lowest BCUT2D eigenvalue weighted by Gasteiger charge is -2.16. The molecule has 0 fully saturated rings. The quantitative estimate of drug-likeness (QED) is 0.838. The second-order valence-electron chi connectivity index (χ2n) is 4.25. The molecule has 0 spiro atoms. The molecule has 19 heavy (non-hydrogen) atoms. The first-order valence-electron chi connectivity index (χ1n) is 5.79. The molecule has 4 heteroatoms. The van der Waals surface area contributed by atoms with Crippen molar-refractivity contribution in [3.8, 4) is 0 Å². The fraction of sp³-hybridized carbons (Fsp3) is 0.133. The van der Waals surface area contributed by atoms with E-state index in [1.807, 2.05) is 0 Å². The number of hydrogen-bond donors (Lipinski definition) is 1. The fourth-order valence-corrected chi connectivity index (χ4v) is 2.18. The van der Waals surface area contributed by atoms with E-state index in [9.17, 15) is 13.6 Å². The zero-order chi connectivity index (χ0) is 13.8. The Balaban J connectivity index is 2.37. The maximum Gasteiger partial charge on any atom is 0.186 e. The number of carbonyl (C=O) groups is 1. The molecule has 0 aliphatic rings. The fourth-order valence-electron chi connectivity index (χ4n) is 1.99. The van der Waals surface area contributed by atoms with Gasteiger partial charge in [-0.3, -0.25) is 4.79 Å². The molecule has 0 amide bonds. The second-order valence-corrected chi connectivity index (χ2v) is 4.75. The van der Waals surface area contributed by atoms with Crippen LogP contribution in [0, 0.1) is 11.6 Å². The van der Waals surface area contributed by atoms with Crippen molar-refractivity contribution in [2.75, 3.05) is 0 Å². The van der Waals surface area contributed by atoms with Crippen molar-refractivity contribution in [2.45, 2.75) is 12.3 Å². The Labute approximate surface area is 115 Å². The second kappa shape index (κ2) is 5.97. The highest BCUT2D eigenvalue weighted by Gasteiger charge is 2.16. The Morgan fingerprint density at radius 1 is 0.895 bits per heavy atom. The van der Waals surface area contributed by atoms with Gasteiger partial charge in [-0.2, -0.15) is 0 Å². The summed E-state index contributed by atoms with van der Waals surface area (Å²) in [4.78, 5) is 11.3. The molecule has 0 radical (unpaired) electrons. The van der Waals surface area contributed by atoms with E-state index in [4.69, 9.17) is 0 Å². The summed E-state index contributed by atoms with van der Waals surface area (Å²) in [5.41, 5.74) is 1.60. The molecule has 0 unspecified atom stereocenters. The summed E-state index contributed by atoms with van der Waals surface area (Å²) < 4.78 is 25.9. The summed E-state index contributed by atoms with van der Waals surface area (Å²) in [6.07, 6.45) is 0.181. The SMILES string of the molecule is O=C(S)CC(c1ccc(F)cc1)c1ccc(F)cc1. The highest BCUT2D eigenvalue weighted by atomic mass is 32.1. The van der Waals surface area contributed by atoms with Gasteiger partial charge in [0.25, 0.3) is 0 Å². The highest BCUT2D eigenvalue weighted by Crippen LogP contribution is 2.29. The van der Waals surface area contributed by atoms with Crippen LogP contribution >= 0.6 is 12.6 Å². The molecular formula is C15H12F2OS. The Kier molecular flexibility index (Phi) is 4.32. The van der Waals surface area contributed by atoms with Gasteiger partial charge in [0.2, 0.25) is 0 Å². The number of hydrogen-bond acceptors (Lipinski definition) is 1. The molecule has 2 aromatic rings. The third-order valence-corrected chi connectivity index (χ3v) is 3.11. The first kappa shape index (κ1) is 13.7. The summed E-state index contributed by atoms with van der Waals surface area (Å²) in [5.74, 6) is -0.913. The molecule has 1 nitrogen and oxygen atoms in total. The first-order chi connectivity index (χ1) is 9.06. The molecule has 0 aliphatic carbocycles. The molecule has 0 aliphatic heterocycles. The van der Waals surface area contributed by atoms with Crippen molar-refractivity contribution in [3.63, 3.8) is 0 Å². The molecule has 2 aromatic carbocycles. The topological polar surface area (TPSA) is 17.1 Å². The molecule has 0 heterocycles. The van der Waals surface area contributed by atoms with E-state index < -0.39 is 0 Å². The largest absolute Gasteiger partial charge is 0.287 e. The van der Waals surface area contributed by atoms with Gasteiger partial charge in [-0.15, -0.1) is 12.6 Å². The lowest BCUT2D eigenvalue weighted by molar-refractivity contribution is -0.111. The van der Waals surface area contributed by atoms with Crippen LogP contribution in [-0.4, -0.2) is 5.12 Å². The van der Waals surface area contributed by atoms with Gasteiger partial charge in [0.1, 0.15) is 11.6 Å². The van der Waals surface area contributed by atoms with Gasteiger partial charge in [0, 0.05) is 12.3 Å². The zero-order valence-electron chi connectivity index (χ0n) is 10.0. The molecule has 0 saturated heterocycles. The first-order valence-corrected chi connectivity index (χ1v) is 6.23. The van der Waals surface area contributed by atoms with Crippen molar-refractivity contribution in [1.82, 2.24) is 0 Å². The molecule has 0 bridgehead atoms. The van der Waals surface area contributed by atoms with E-state index in [0.717, 1.165) is 11.1 Å². The minimum Gasteiger partial charge on any atom is -0.287 e. The average Bonchev–Trinajstić information content (AvgIpc) is 2.38. The van der Waals surface area contributed by atoms with Crippen molar-refractivity contribution >= 4 is 17.7 Å². The number of rotatable bonds is 4. The predicted molar refractivity (Wildman–Crippen MR) is 73.3 cm³/mol. The Morgan fingerprint density at radius 3 is 1.58 bits per heavy atom. The van der Waals surface area contributed by atoms with E-state index in [0.29, 0.717) is 0 Å². The van der Waals surface area contributed by atoms with Gasteiger partial charge in [-0.1, -0.05) is 24.3 Å². The summed E-state index contributed by atoms with van der Waals surface area (Å²) >= 11 is 3.79. The predicted octanol–water partition coefficient (Wildman–Crippen LogP) is 3.94. The number of benzene rings is 2. The molecule has 0 saturated carbocycles. The van der Waals surface area contributed by atoms with E-state index >= 15 is 0 Å². The Bertz CT molecular complexity index is 518. The molecular weight excluding hydrogens is 266 g/mol. The average molecular weight is 278 g/mol. The van der Waals surface area contributed by atoms with Crippen molar-refractivity contribution in [1.29, 1.82) is 0 Å². The summed E-state index contributed by atoms with van der Waals surface area (Å²) in [5, 5.41) is -0.265. The van der Waals surface area contributed by atoms with Crippen LogP contribution in [0.3, 0.4) is 0 Å².